The van der Waals surface area contributed by atoms with E-state index in [-0.39, 0.29) is 5.91 Å². The molecule has 1 N–H and O–H groups in total. The predicted molar refractivity (Wildman–Crippen MR) is 98.1 cm³/mol. The molecule has 5 nitrogen and oxygen atoms in total. The number of carbonyl (C=O) groups is 1. The molecule has 2 aliphatic rings. The molecular formula is C20H30N2O3. The predicted octanol–water partition coefficient (Wildman–Crippen LogP) is 2.76. The fourth-order valence-corrected chi connectivity index (χ4v) is 3.76. The zero-order valence-electron chi connectivity index (χ0n) is 15.5. The quantitative estimate of drug-likeness (QED) is 0.825. The minimum atomic E-state index is 0.282. The SMILES string of the molecule is CCOc1cc2c(cc1OCC)CN(C(=O)CCC1CCNC1)CC2. The molecule has 1 aromatic carbocycles. The number of carbonyl (C=O) groups excluding carboxylic acids is 1. The van der Waals surface area contributed by atoms with Gasteiger partial charge in [-0.15, -0.1) is 0 Å². The first-order valence-electron chi connectivity index (χ1n) is 9.61. The van der Waals surface area contributed by atoms with E-state index in [1.165, 1.54) is 17.5 Å². The molecule has 1 amide bonds. The van der Waals surface area contributed by atoms with Gasteiger partial charge in [0, 0.05) is 19.5 Å². The van der Waals surface area contributed by atoms with Crippen molar-refractivity contribution in [3.05, 3.63) is 23.3 Å². The van der Waals surface area contributed by atoms with Crippen LogP contribution in [-0.2, 0) is 17.8 Å². The second kappa shape index (κ2) is 8.56. The van der Waals surface area contributed by atoms with E-state index < -0.39 is 0 Å². The highest BCUT2D eigenvalue weighted by Crippen LogP contribution is 2.34. The lowest BCUT2D eigenvalue weighted by Gasteiger charge is -2.30. The first-order chi connectivity index (χ1) is 12.2. The summed E-state index contributed by atoms with van der Waals surface area (Å²) in [5.74, 6) is 2.55. The van der Waals surface area contributed by atoms with Gasteiger partial charge < -0.3 is 19.7 Å². The van der Waals surface area contributed by atoms with Gasteiger partial charge in [0.15, 0.2) is 11.5 Å². The van der Waals surface area contributed by atoms with E-state index in [1.807, 2.05) is 18.7 Å². The van der Waals surface area contributed by atoms with Crippen molar-refractivity contribution in [2.24, 2.45) is 5.92 Å². The Morgan fingerprint density at radius 2 is 1.92 bits per heavy atom. The Balaban J connectivity index is 1.65. The lowest BCUT2D eigenvalue weighted by Crippen LogP contribution is -2.36. The van der Waals surface area contributed by atoms with Crippen LogP contribution in [-0.4, -0.2) is 43.7 Å². The third kappa shape index (κ3) is 4.46. The molecule has 2 heterocycles. The normalized spacial score (nSPS) is 19.6. The smallest absolute Gasteiger partial charge is 0.222 e. The average Bonchev–Trinajstić information content (AvgIpc) is 3.14. The summed E-state index contributed by atoms with van der Waals surface area (Å²) in [7, 11) is 0. The van der Waals surface area contributed by atoms with E-state index in [2.05, 4.69) is 17.4 Å². The average molecular weight is 346 g/mol. The van der Waals surface area contributed by atoms with Crippen LogP contribution in [0, 0.1) is 5.92 Å². The third-order valence-corrected chi connectivity index (χ3v) is 5.16. The molecule has 1 saturated heterocycles. The van der Waals surface area contributed by atoms with Crippen molar-refractivity contribution < 1.29 is 14.3 Å². The summed E-state index contributed by atoms with van der Waals surface area (Å²) in [5, 5.41) is 3.37. The van der Waals surface area contributed by atoms with Crippen LogP contribution in [0.3, 0.4) is 0 Å². The number of hydrogen-bond donors (Lipinski definition) is 1. The minimum absolute atomic E-state index is 0.282. The molecule has 5 heteroatoms. The highest BCUT2D eigenvalue weighted by atomic mass is 16.5. The Labute approximate surface area is 150 Å². The van der Waals surface area contributed by atoms with E-state index in [1.54, 1.807) is 0 Å². The van der Waals surface area contributed by atoms with Crippen LogP contribution < -0.4 is 14.8 Å². The molecule has 1 fully saturated rings. The summed E-state index contributed by atoms with van der Waals surface area (Å²) >= 11 is 0. The van der Waals surface area contributed by atoms with E-state index >= 15 is 0 Å². The van der Waals surface area contributed by atoms with Crippen molar-refractivity contribution >= 4 is 5.91 Å². The Hall–Kier alpha value is -1.75. The van der Waals surface area contributed by atoms with Gasteiger partial charge in [0.1, 0.15) is 0 Å². The van der Waals surface area contributed by atoms with Gasteiger partial charge in [0.05, 0.1) is 13.2 Å². The van der Waals surface area contributed by atoms with E-state index in [4.69, 9.17) is 9.47 Å². The first-order valence-corrected chi connectivity index (χ1v) is 9.61. The van der Waals surface area contributed by atoms with Crippen LogP contribution in [0.25, 0.3) is 0 Å². The molecule has 2 aliphatic heterocycles. The highest BCUT2D eigenvalue weighted by Gasteiger charge is 2.24. The van der Waals surface area contributed by atoms with Crippen LogP contribution in [0.2, 0.25) is 0 Å². The molecular weight excluding hydrogens is 316 g/mol. The van der Waals surface area contributed by atoms with Gasteiger partial charge in [0.2, 0.25) is 5.91 Å². The van der Waals surface area contributed by atoms with Gasteiger partial charge in [-0.2, -0.15) is 0 Å². The zero-order chi connectivity index (χ0) is 17.6. The summed E-state index contributed by atoms with van der Waals surface area (Å²) in [5.41, 5.74) is 2.46. The second-order valence-electron chi connectivity index (χ2n) is 6.90. The standard InChI is InChI=1S/C20H30N2O3/c1-3-24-18-11-16-8-10-22(14-17(16)12-19(18)25-4-2)20(23)6-5-15-7-9-21-13-15/h11-12,15,21H,3-10,13-14H2,1-2H3. The molecule has 3 rings (SSSR count). The molecule has 1 atom stereocenters. The molecule has 1 aromatic rings. The molecule has 0 aliphatic carbocycles. The Kier molecular flexibility index (Phi) is 6.19. The van der Waals surface area contributed by atoms with Crippen LogP contribution in [0.5, 0.6) is 11.5 Å². The van der Waals surface area contributed by atoms with Crippen molar-refractivity contribution in [3.63, 3.8) is 0 Å². The lowest BCUT2D eigenvalue weighted by atomic mass is 9.97. The molecule has 25 heavy (non-hydrogen) atoms. The number of rotatable bonds is 7. The van der Waals surface area contributed by atoms with Gasteiger partial charge in [-0.3, -0.25) is 4.79 Å². The lowest BCUT2D eigenvalue weighted by molar-refractivity contribution is -0.132. The summed E-state index contributed by atoms with van der Waals surface area (Å²) in [6, 6.07) is 4.15. The van der Waals surface area contributed by atoms with Crippen molar-refractivity contribution in [1.29, 1.82) is 0 Å². The molecule has 1 unspecified atom stereocenters. The van der Waals surface area contributed by atoms with E-state index in [0.717, 1.165) is 44.0 Å². The molecule has 0 bridgehead atoms. The molecule has 0 radical (unpaired) electrons. The van der Waals surface area contributed by atoms with E-state index in [9.17, 15) is 4.79 Å². The monoisotopic (exact) mass is 346 g/mol. The van der Waals surface area contributed by atoms with Crippen LogP contribution in [0.4, 0.5) is 0 Å². The number of ether oxygens (including phenoxy) is 2. The number of amides is 1. The first kappa shape index (κ1) is 18.1. The maximum Gasteiger partial charge on any atom is 0.222 e. The van der Waals surface area contributed by atoms with Crippen molar-refractivity contribution in [3.8, 4) is 11.5 Å². The van der Waals surface area contributed by atoms with E-state index in [0.29, 0.717) is 32.1 Å². The molecule has 0 saturated carbocycles. The van der Waals surface area contributed by atoms with Gasteiger partial charge in [-0.05, 0) is 75.4 Å². The zero-order valence-corrected chi connectivity index (χ0v) is 15.5. The maximum atomic E-state index is 12.6. The third-order valence-electron chi connectivity index (χ3n) is 5.16. The summed E-state index contributed by atoms with van der Waals surface area (Å²) in [6.45, 7) is 8.83. The molecule has 138 valence electrons. The van der Waals surface area contributed by atoms with Gasteiger partial charge in [-0.25, -0.2) is 0 Å². The molecule has 0 spiro atoms. The fourth-order valence-electron chi connectivity index (χ4n) is 3.76. The highest BCUT2D eigenvalue weighted by molar-refractivity contribution is 5.76. The minimum Gasteiger partial charge on any atom is -0.490 e. The second-order valence-corrected chi connectivity index (χ2v) is 6.90. The van der Waals surface area contributed by atoms with Gasteiger partial charge in [-0.1, -0.05) is 0 Å². The Morgan fingerprint density at radius 3 is 2.56 bits per heavy atom. The Morgan fingerprint density at radius 1 is 1.20 bits per heavy atom. The van der Waals surface area contributed by atoms with Gasteiger partial charge in [0.25, 0.3) is 0 Å². The van der Waals surface area contributed by atoms with Crippen molar-refractivity contribution in [2.75, 3.05) is 32.8 Å². The van der Waals surface area contributed by atoms with Crippen molar-refractivity contribution in [2.45, 2.75) is 46.1 Å². The summed E-state index contributed by atoms with van der Waals surface area (Å²) < 4.78 is 11.4. The molecule has 0 aromatic heterocycles. The largest absolute Gasteiger partial charge is 0.490 e. The number of hydrogen-bond acceptors (Lipinski definition) is 4. The Bertz CT molecular complexity index is 597. The van der Waals surface area contributed by atoms with Crippen molar-refractivity contribution in [1.82, 2.24) is 10.2 Å². The number of benzene rings is 1. The summed E-state index contributed by atoms with van der Waals surface area (Å²) in [4.78, 5) is 14.6. The van der Waals surface area contributed by atoms with Crippen LogP contribution >= 0.6 is 0 Å². The number of nitrogens with one attached hydrogen (secondary N) is 1. The number of fused-ring (bicyclic) bond motifs is 1. The topological polar surface area (TPSA) is 50.8 Å². The summed E-state index contributed by atoms with van der Waals surface area (Å²) in [6.07, 6.45) is 3.76. The maximum absolute atomic E-state index is 12.6. The van der Waals surface area contributed by atoms with Crippen LogP contribution in [0.1, 0.15) is 44.2 Å². The number of nitrogens with zero attached hydrogens (tertiary/aromatic N) is 1. The fraction of sp³-hybridized carbons (Fsp3) is 0.650. The van der Waals surface area contributed by atoms with Crippen LogP contribution in [0.15, 0.2) is 12.1 Å². The van der Waals surface area contributed by atoms with Gasteiger partial charge >= 0.3 is 0 Å².